The lowest BCUT2D eigenvalue weighted by molar-refractivity contribution is 0.0697. The summed E-state index contributed by atoms with van der Waals surface area (Å²) in [5.41, 5.74) is 0.989. The molecular formula is C13H17NO3. The van der Waals surface area contributed by atoms with Crippen molar-refractivity contribution in [3.63, 3.8) is 0 Å². The molecule has 1 fully saturated rings. The average molecular weight is 235 g/mol. The Kier molecular flexibility index (Phi) is 3.64. The number of hydrogen-bond donors (Lipinski definition) is 2. The fourth-order valence-electron chi connectivity index (χ4n) is 1.97. The number of methoxy groups -OCH3 is 1. The molecule has 4 heteroatoms. The van der Waals surface area contributed by atoms with Crippen LogP contribution >= 0.6 is 0 Å². The van der Waals surface area contributed by atoms with Crippen molar-refractivity contribution in [2.24, 2.45) is 5.92 Å². The van der Waals surface area contributed by atoms with Crippen LogP contribution in [0.5, 0.6) is 0 Å². The van der Waals surface area contributed by atoms with E-state index < -0.39 is 5.97 Å². The monoisotopic (exact) mass is 235 g/mol. The number of benzene rings is 1. The molecular weight excluding hydrogens is 218 g/mol. The molecule has 2 N–H and O–H groups in total. The lowest BCUT2D eigenvalue weighted by Gasteiger charge is -2.19. The maximum absolute atomic E-state index is 11.1. The van der Waals surface area contributed by atoms with Gasteiger partial charge >= 0.3 is 5.97 Å². The molecule has 0 amide bonds. The van der Waals surface area contributed by atoms with Crippen molar-refractivity contribution in [3.8, 4) is 0 Å². The van der Waals surface area contributed by atoms with Gasteiger partial charge in [0.05, 0.1) is 18.2 Å². The zero-order valence-corrected chi connectivity index (χ0v) is 9.85. The Hall–Kier alpha value is -1.55. The minimum atomic E-state index is -0.903. The highest BCUT2D eigenvalue weighted by atomic mass is 16.5. The minimum absolute atomic E-state index is 0.209. The Balaban J connectivity index is 2.13. The molecule has 1 aliphatic rings. The van der Waals surface area contributed by atoms with Crippen molar-refractivity contribution < 1.29 is 14.6 Å². The maximum atomic E-state index is 11.1. The van der Waals surface area contributed by atoms with Crippen molar-refractivity contribution in [2.75, 3.05) is 19.0 Å². The molecule has 0 radical (unpaired) electrons. The van der Waals surface area contributed by atoms with E-state index >= 15 is 0 Å². The van der Waals surface area contributed by atoms with Crippen LogP contribution in [0.3, 0.4) is 0 Å². The topological polar surface area (TPSA) is 58.6 Å². The maximum Gasteiger partial charge on any atom is 0.337 e. The fourth-order valence-corrected chi connectivity index (χ4v) is 1.97. The highest BCUT2D eigenvalue weighted by Crippen LogP contribution is 2.34. The molecule has 1 aromatic carbocycles. The number of rotatable bonds is 6. The lowest BCUT2D eigenvalue weighted by Crippen LogP contribution is -2.28. The van der Waals surface area contributed by atoms with Crippen LogP contribution in [0.2, 0.25) is 0 Å². The standard InChI is InChI=1S/C13H17NO3/c1-17-8-12(9-6-7-9)14-11-5-3-2-4-10(11)13(15)16/h2-5,9,12,14H,6-8H2,1H3,(H,15,16). The number of hydrogen-bond acceptors (Lipinski definition) is 3. The van der Waals surface area contributed by atoms with Crippen molar-refractivity contribution >= 4 is 11.7 Å². The summed E-state index contributed by atoms with van der Waals surface area (Å²) in [6.45, 7) is 0.610. The average Bonchev–Trinajstić information content (AvgIpc) is 3.13. The molecule has 0 bridgehead atoms. The molecule has 92 valence electrons. The molecule has 1 aromatic rings. The molecule has 2 rings (SSSR count). The van der Waals surface area contributed by atoms with Crippen molar-refractivity contribution in [1.29, 1.82) is 0 Å². The summed E-state index contributed by atoms with van der Waals surface area (Å²) in [4.78, 5) is 11.1. The van der Waals surface area contributed by atoms with Crippen LogP contribution in [-0.4, -0.2) is 30.8 Å². The summed E-state index contributed by atoms with van der Waals surface area (Å²) >= 11 is 0. The van der Waals surface area contributed by atoms with Gasteiger partial charge in [-0.1, -0.05) is 12.1 Å². The van der Waals surface area contributed by atoms with E-state index in [0.717, 1.165) is 0 Å². The van der Waals surface area contributed by atoms with Crippen LogP contribution in [-0.2, 0) is 4.74 Å². The van der Waals surface area contributed by atoms with Gasteiger partial charge in [0.25, 0.3) is 0 Å². The van der Waals surface area contributed by atoms with E-state index in [9.17, 15) is 4.79 Å². The van der Waals surface area contributed by atoms with Crippen molar-refractivity contribution in [2.45, 2.75) is 18.9 Å². The molecule has 0 heterocycles. The molecule has 0 spiro atoms. The molecule has 1 saturated carbocycles. The molecule has 0 aromatic heterocycles. The SMILES string of the molecule is COCC(Nc1ccccc1C(=O)O)C1CC1. The number of ether oxygens (including phenoxy) is 1. The number of carboxylic acids is 1. The quantitative estimate of drug-likeness (QED) is 0.793. The molecule has 4 nitrogen and oxygen atoms in total. The predicted octanol–water partition coefficient (Wildman–Crippen LogP) is 2.22. The van der Waals surface area contributed by atoms with Crippen LogP contribution in [0.15, 0.2) is 24.3 Å². The number of para-hydroxylation sites is 1. The zero-order valence-electron chi connectivity index (χ0n) is 9.85. The van der Waals surface area contributed by atoms with E-state index in [1.54, 1.807) is 25.3 Å². The van der Waals surface area contributed by atoms with Gasteiger partial charge in [-0.15, -0.1) is 0 Å². The summed E-state index contributed by atoms with van der Waals surface area (Å²) in [5.74, 6) is -0.295. The molecule has 0 saturated heterocycles. The van der Waals surface area contributed by atoms with Gasteiger partial charge in [0.2, 0.25) is 0 Å². The van der Waals surface area contributed by atoms with Crippen molar-refractivity contribution in [3.05, 3.63) is 29.8 Å². The van der Waals surface area contributed by atoms with E-state index in [0.29, 0.717) is 23.8 Å². The van der Waals surface area contributed by atoms with Crippen LogP contribution in [0.25, 0.3) is 0 Å². The van der Waals surface area contributed by atoms with Gasteiger partial charge in [0.15, 0.2) is 0 Å². The Morgan fingerprint density at radius 3 is 2.82 bits per heavy atom. The first-order valence-electron chi connectivity index (χ1n) is 5.80. The third-order valence-electron chi connectivity index (χ3n) is 3.04. The summed E-state index contributed by atoms with van der Waals surface area (Å²) in [7, 11) is 1.67. The van der Waals surface area contributed by atoms with Gasteiger partial charge < -0.3 is 15.2 Å². The third kappa shape index (κ3) is 2.97. The summed E-state index contributed by atoms with van der Waals surface area (Å²) in [6, 6.07) is 7.19. The molecule has 17 heavy (non-hydrogen) atoms. The van der Waals surface area contributed by atoms with E-state index in [-0.39, 0.29) is 6.04 Å². The van der Waals surface area contributed by atoms with Crippen LogP contribution in [0.4, 0.5) is 5.69 Å². The second kappa shape index (κ2) is 5.19. The molecule has 1 unspecified atom stereocenters. The Morgan fingerprint density at radius 2 is 2.24 bits per heavy atom. The number of carboxylic acid groups (broad SMARTS) is 1. The smallest absolute Gasteiger partial charge is 0.337 e. The largest absolute Gasteiger partial charge is 0.478 e. The molecule has 1 atom stereocenters. The van der Waals surface area contributed by atoms with Gasteiger partial charge in [0, 0.05) is 12.8 Å². The van der Waals surface area contributed by atoms with E-state index in [1.807, 2.05) is 6.07 Å². The van der Waals surface area contributed by atoms with E-state index in [1.165, 1.54) is 12.8 Å². The number of anilines is 1. The highest BCUT2D eigenvalue weighted by Gasteiger charge is 2.31. The third-order valence-corrected chi connectivity index (χ3v) is 3.04. The molecule has 0 aliphatic heterocycles. The summed E-state index contributed by atoms with van der Waals surface area (Å²) < 4.78 is 5.17. The van der Waals surface area contributed by atoms with Crippen LogP contribution < -0.4 is 5.32 Å². The summed E-state index contributed by atoms with van der Waals surface area (Å²) in [5, 5.41) is 12.4. The van der Waals surface area contributed by atoms with Crippen LogP contribution in [0.1, 0.15) is 23.2 Å². The van der Waals surface area contributed by atoms with Gasteiger partial charge in [-0.3, -0.25) is 0 Å². The lowest BCUT2D eigenvalue weighted by atomic mass is 10.1. The number of aromatic carboxylic acids is 1. The normalized spacial score (nSPS) is 16.5. The first-order chi connectivity index (χ1) is 8.22. The number of nitrogens with one attached hydrogen (secondary N) is 1. The van der Waals surface area contributed by atoms with Gasteiger partial charge in [-0.05, 0) is 30.9 Å². The highest BCUT2D eigenvalue weighted by molar-refractivity contribution is 5.94. The Bertz CT molecular complexity index is 401. The second-order valence-electron chi connectivity index (χ2n) is 4.39. The van der Waals surface area contributed by atoms with E-state index in [4.69, 9.17) is 9.84 Å². The minimum Gasteiger partial charge on any atom is -0.478 e. The fraction of sp³-hybridized carbons (Fsp3) is 0.462. The molecule has 1 aliphatic carbocycles. The van der Waals surface area contributed by atoms with Crippen molar-refractivity contribution in [1.82, 2.24) is 0 Å². The Labute approximate surface area is 101 Å². The predicted molar refractivity (Wildman–Crippen MR) is 65.4 cm³/mol. The second-order valence-corrected chi connectivity index (χ2v) is 4.39. The van der Waals surface area contributed by atoms with Gasteiger partial charge in [-0.2, -0.15) is 0 Å². The number of carbonyl (C=O) groups is 1. The van der Waals surface area contributed by atoms with Gasteiger partial charge in [0.1, 0.15) is 0 Å². The summed E-state index contributed by atoms with van der Waals surface area (Å²) in [6.07, 6.45) is 2.38. The zero-order chi connectivity index (χ0) is 12.3. The van der Waals surface area contributed by atoms with E-state index in [2.05, 4.69) is 5.32 Å². The Morgan fingerprint density at radius 1 is 1.53 bits per heavy atom. The first-order valence-corrected chi connectivity index (χ1v) is 5.80. The van der Waals surface area contributed by atoms with Crippen LogP contribution in [0, 0.1) is 5.92 Å². The van der Waals surface area contributed by atoms with Gasteiger partial charge in [-0.25, -0.2) is 4.79 Å². The first kappa shape index (κ1) is 11.9.